The molecule has 4 heteroatoms. The van der Waals surface area contributed by atoms with Gasteiger partial charge in [0, 0.05) is 37.7 Å². The molecule has 1 saturated carbocycles. The number of benzene rings is 1. The van der Waals surface area contributed by atoms with Crippen LogP contribution < -0.4 is 4.90 Å². The van der Waals surface area contributed by atoms with Crippen LogP contribution in [0.25, 0.3) is 0 Å². The number of carbonyl (C=O) groups is 2. The van der Waals surface area contributed by atoms with Gasteiger partial charge in [-0.15, -0.1) is 0 Å². The average Bonchev–Trinajstić information content (AvgIpc) is 2.66. The maximum Gasteiger partial charge on any atom is 0.230 e. The van der Waals surface area contributed by atoms with Crippen LogP contribution >= 0.6 is 0 Å². The minimum atomic E-state index is 0.0421. The van der Waals surface area contributed by atoms with Crippen molar-refractivity contribution in [1.29, 1.82) is 0 Å². The topological polar surface area (TPSA) is 40.6 Å². The fraction of sp³-hybridized carbons (Fsp3) is 0.636. The van der Waals surface area contributed by atoms with Crippen molar-refractivity contribution in [2.45, 2.75) is 59.3 Å². The molecule has 144 valence electrons. The molecule has 0 unspecified atom stereocenters. The second-order valence-electron chi connectivity index (χ2n) is 7.58. The molecular formula is C22H34N2O2. The smallest absolute Gasteiger partial charge is 0.230 e. The van der Waals surface area contributed by atoms with Crippen molar-refractivity contribution in [3.63, 3.8) is 0 Å². The number of aryl methyl sites for hydroxylation is 1. The molecule has 4 nitrogen and oxygen atoms in total. The lowest BCUT2D eigenvalue weighted by Gasteiger charge is -2.33. The summed E-state index contributed by atoms with van der Waals surface area (Å²) in [4.78, 5) is 29.4. The van der Waals surface area contributed by atoms with E-state index >= 15 is 0 Å². The minimum Gasteiger partial charge on any atom is -0.346 e. The predicted octanol–water partition coefficient (Wildman–Crippen LogP) is 4.41. The van der Waals surface area contributed by atoms with Gasteiger partial charge in [0.25, 0.3) is 0 Å². The molecule has 0 aliphatic heterocycles. The van der Waals surface area contributed by atoms with Gasteiger partial charge < -0.3 is 9.80 Å². The van der Waals surface area contributed by atoms with E-state index in [-0.39, 0.29) is 23.7 Å². The molecule has 2 rings (SSSR count). The molecule has 26 heavy (non-hydrogen) atoms. The van der Waals surface area contributed by atoms with Gasteiger partial charge in [0.1, 0.15) is 0 Å². The van der Waals surface area contributed by atoms with Gasteiger partial charge in [-0.1, -0.05) is 25.5 Å². The van der Waals surface area contributed by atoms with Crippen molar-refractivity contribution in [2.75, 3.05) is 25.0 Å². The number of anilines is 1. The van der Waals surface area contributed by atoms with Crippen molar-refractivity contribution in [3.05, 3.63) is 29.8 Å². The molecule has 0 aromatic heterocycles. The minimum absolute atomic E-state index is 0.0421. The largest absolute Gasteiger partial charge is 0.346 e. The Morgan fingerprint density at radius 2 is 1.65 bits per heavy atom. The third-order valence-electron chi connectivity index (χ3n) is 5.54. The van der Waals surface area contributed by atoms with E-state index in [1.807, 2.05) is 48.9 Å². The quantitative estimate of drug-likeness (QED) is 0.724. The van der Waals surface area contributed by atoms with Crippen LogP contribution in [0.2, 0.25) is 0 Å². The van der Waals surface area contributed by atoms with Crippen molar-refractivity contribution < 1.29 is 9.59 Å². The molecule has 1 aromatic carbocycles. The predicted molar refractivity (Wildman–Crippen MR) is 107 cm³/mol. The van der Waals surface area contributed by atoms with Crippen LogP contribution in [-0.4, -0.2) is 36.9 Å². The van der Waals surface area contributed by atoms with Gasteiger partial charge >= 0.3 is 0 Å². The first-order chi connectivity index (χ1) is 12.5. The van der Waals surface area contributed by atoms with Crippen molar-refractivity contribution in [3.8, 4) is 0 Å². The van der Waals surface area contributed by atoms with Crippen molar-refractivity contribution in [1.82, 2.24) is 4.90 Å². The Bertz CT molecular complexity index is 606. The SMILES string of the molecule is CCCCN(C)C(=O)C1CCC(C(=O)N(CC)c2cccc(C)c2)CC1. The van der Waals surface area contributed by atoms with Crippen LogP contribution in [0.3, 0.4) is 0 Å². The highest BCUT2D eigenvalue weighted by Crippen LogP contribution is 2.32. The lowest BCUT2D eigenvalue weighted by molar-refractivity contribution is -0.136. The van der Waals surface area contributed by atoms with Gasteiger partial charge in [0.2, 0.25) is 11.8 Å². The lowest BCUT2D eigenvalue weighted by atomic mass is 9.80. The molecule has 0 bridgehead atoms. The third kappa shape index (κ3) is 5.09. The maximum atomic E-state index is 13.0. The van der Waals surface area contributed by atoms with E-state index in [0.717, 1.165) is 56.3 Å². The van der Waals surface area contributed by atoms with E-state index in [2.05, 4.69) is 13.0 Å². The summed E-state index contributed by atoms with van der Waals surface area (Å²) in [7, 11) is 1.91. The van der Waals surface area contributed by atoms with Gasteiger partial charge in [-0.05, 0) is 63.6 Å². The van der Waals surface area contributed by atoms with E-state index in [1.165, 1.54) is 0 Å². The molecule has 0 saturated heterocycles. The van der Waals surface area contributed by atoms with Crippen molar-refractivity contribution in [2.24, 2.45) is 11.8 Å². The summed E-state index contributed by atoms with van der Waals surface area (Å²) >= 11 is 0. The van der Waals surface area contributed by atoms with Crippen LogP contribution in [0.4, 0.5) is 5.69 Å². The average molecular weight is 359 g/mol. The molecular weight excluding hydrogens is 324 g/mol. The zero-order chi connectivity index (χ0) is 19.1. The lowest BCUT2D eigenvalue weighted by Crippen LogP contribution is -2.40. The maximum absolute atomic E-state index is 13.0. The van der Waals surface area contributed by atoms with E-state index < -0.39 is 0 Å². The Morgan fingerprint density at radius 3 is 2.19 bits per heavy atom. The van der Waals surface area contributed by atoms with Crippen LogP contribution in [0.1, 0.15) is 57.9 Å². The number of carbonyl (C=O) groups excluding carboxylic acids is 2. The summed E-state index contributed by atoms with van der Waals surface area (Å²) < 4.78 is 0. The molecule has 0 heterocycles. The molecule has 1 aromatic rings. The highest BCUT2D eigenvalue weighted by molar-refractivity contribution is 5.95. The number of rotatable bonds is 7. The Hall–Kier alpha value is -1.84. The summed E-state index contributed by atoms with van der Waals surface area (Å²) in [6.45, 7) is 7.74. The summed E-state index contributed by atoms with van der Waals surface area (Å²) in [6, 6.07) is 8.13. The fourth-order valence-electron chi connectivity index (χ4n) is 3.89. The Balaban J connectivity index is 1.93. The second kappa shape index (κ2) is 9.75. The highest BCUT2D eigenvalue weighted by Gasteiger charge is 2.33. The summed E-state index contributed by atoms with van der Waals surface area (Å²) in [5.41, 5.74) is 2.15. The molecule has 1 aliphatic rings. The highest BCUT2D eigenvalue weighted by atomic mass is 16.2. The molecule has 0 atom stereocenters. The summed E-state index contributed by atoms with van der Waals surface area (Å²) in [6.07, 6.45) is 5.45. The molecule has 2 amide bonds. The zero-order valence-electron chi connectivity index (χ0n) is 16.8. The molecule has 0 spiro atoms. The standard InChI is InChI=1S/C22H34N2O2/c1-5-7-15-23(4)21(25)18-11-13-19(14-12-18)22(26)24(6-2)20-10-8-9-17(3)16-20/h8-10,16,18-19H,5-7,11-15H2,1-4H3. The monoisotopic (exact) mass is 358 g/mol. The first-order valence-electron chi connectivity index (χ1n) is 10.1. The van der Waals surface area contributed by atoms with E-state index in [1.54, 1.807) is 0 Å². The Labute approximate surface area is 158 Å². The zero-order valence-corrected chi connectivity index (χ0v) is 16.8. The molecule has 0 radical (unpaired) electrons. The second-order valence-corrected chi connectivity index (χ2v) is 7.58. The number of hydrogen-bond donors (Lipinski definition) is 0. The van der Waals surface area contributed by atoms with E-state index in [0.29, 0.717) is 6.54 Å². The molecule has 1 fully saturated rings. The number of nitrogens with zero attached hydrogens (tertiary/aromatic N) is 2. The summed E-state index contributed by atoms with van der Waals surface area (Å²) in [5, 5.41) is 0. The van der Waals surface area contributed by atoms with Gasteiger partial charge in [0.15, 0.2) is 0 Å². The number of unbranched alkanes of at least 4 members (excludes halogenated alkanes) is 1. The van der Waals surface area contributed by atoms with E-state index in [9.17, 15) is 9.59 Å². The molecule has 0 N–H and O–H groups in total. The number of amides is 2. The van der Waals surface area contributed by atoms with Crippen LogP contribution in [0.15, 0.2) is 24.3 Å². The van der Waals surface area contributed by atoms with Crippen LogP contribution in [0.5, 0.6) is 0 Å². The van der Waals surface area contributed by atoms with Gasteiger partial charge in [-0.3, -0.25) is 9.59 Å². The van der Waals surface area contributed by atoms with Crippen LogP contribution in [0, 0.1) is 18.8 Å². The van der Waals surface area contributed by atoms with Gasteiger partial charge in [-0.2, -0.15) is 0 Å². The number of hydrogen-bond acceptors (Lipinski definition) is 2. The first-order valence-corrected chi connectivity index (χ1v) is 10.1. The van der Waals surface area contributed by atoms with Crippen LogP contribution in [-0.2, 0) is 9.59 Å². The third-order valence-corrected chi connectivity index (χ3v) is 5.54. The van der Waals surface area contributed by atoms with E-state index in [4.69, 9.17) is 0 Å². The van der Waals surface area contributed by atoms with Crippen molar-refractivity contribution >= 4 is 17.5 Å². The Kier molecular flexibility index (Phi) is 7.67. The van der Waals surface area contributed by atoms with Gasteiger partial charge in [0.05, 0.1) is 0 Å². The summed E-state index contributed by atoms with van der Waals surface area (Å²) in [5.74, 6) is 0.606. The van der Waals surface area contributed by atoms with Gasteiger partial charge in [-0.25, -0.2) is 0 Å². The fourth-order valence-corrected chi connectivity index (χ4v) is 3.89. The molecule has 1 aliphatic carbocycles. The first kappa shape index (κ1) is 20.5. The Morgan fingerprint density at radius 1 is 1.04 bits per heavy atom. The normalized spacial score (nSPS) is 19.8.